The van der Waals surface area contributed by atoms with Crippen molar-refractivity contribution in [2.45, 2.75) is 12.5 Å². The molecule has 0 spiro atoms. The van der Waals surface area contributed by atoms with Crippen molar-refractivity contribution in [1.82, 2.24) is 9.97 Å². The molecular formula is C12H13FN3+. The molecule has 2 aromatic rings. The Balaban J connectivity index is 2.04. The number of fused-ring (bicyclic) bond motifs is 1. The number of nitrogens with two attached hydrogens (primary N) is 1. The zero-order chi connectivity index (χ0) is 11.0. The second-order valence-corrected chi connectivity index (χ2v) is 4.07. The maximum Gasteiger partial charge on any atom is 0.156 e. The molecule has 0 aliphatic carbocycles. The summed E-state index contributed by atoms with van der Waals surface area (Å²) in [5, 5.41) is 2.21. The maximum atomic E-state index is 13.2. The number of halogens is 1. The molecule has 3 N–H and O–H groups in total. The van der Waals surface area contributed by atoms with Gasteiger partial charge in [0.05, 0.1) is 12.9 Å². The summed E-state index contributed by atoms with van der Waals surface area (Å²) in [6, 6.07) is 6.89. The highest BCUT2D eigenvalue weighted by Crippen LogP contribution is 2.22. The largest absolute Gasteiger partial charge is 0.348 e. The number of hydrogen-bond acceptors (Lipinski definition) is 1. The van der Waals surface area contributed by atoms with Crippen molar-refractivity contribution < 1.29 is 9.71 Å². The summed E-state index contributed by atoms with van der Waals surface area (Å²) in [4.78, 5) is 7.48. The lowest BCUT2D eigenvalue weighted by Crippen LogP contribution is -2.87. The van der Waals surface area contributed by atoms with Gasteiger partial charge < -0.3 is 10.3 Å². The van der Waals surface area contributed by atoms with Gasteiger partial charge >= 0.3 is 0 Å². The average Bonchev–Trinajstić information content (AvgIpc) is 2.76. The van der Waals surface area contributed by atoms with Crippen molar-refractivity contribution in [2.75, 3.05) is 6.54 Å². The minimum Gasteiger partial charge on any atom is -0.348 e. The van der Waals surface area contributed by atoms with Crippen LogP contribution < -0.4 is 5.32 Å². The smallest absolute Gasteiger partial charge is 0.156 e. The van der Waals surface area contributed by atoms with Crippen LogP contribution in [0.1, 0.15) is 23.0 Å². The minimum atomic E-state index is -0.187. The fourth-order valence-electron chi connectivity index (χ4n) is 2.30. The number of aromatic nitrogens is 2. The molecule has 0 fully saturated rings. The van der Waals surface area contributed by atoms with Crippen LogP contribution in [0.15, 0.2) is 30.6 Å². The van der Waals surface area contributed by atoms with Crippen LogP contribution in [0.5, 0.6) is 0 Å². The Kier molecular flexibility index (Phi) is 2.22. The normalized spacial score (nSPS) is 19.4. The summed E-state index contributed by atoms with van der Waals surface area (Å²) in [7, 11) is 0. The van der Waals surface area contributed by atoms with E-state index >= 15 is 0 Å². The number of nitrogens with zero attached hydrogens (tertiary/aromatic N) is 1. The molecule has 82 valence electrons. The number of quaternary nitrogens is 1. The predicted octanol–water partition coefficient (Wildman–Crippen LogP) is 0.758. The Hall–Kier alpha value is -1.68. The zero-order valence-electron chi connectivity index (χ0n) is 8.78. The van der Waals surface area contributed by atoms with E-state index in [9.17, 15) is 4.39 Å². The van der Waals surface area contributed by atoms with Crippen LogP contribution in [0.25, 0.3) is 0 Å². The van der Waals surface area contributed by atoms with Crippen LogP contribution in [0.4, 0.5) is 4.39 Å². The molecule has 0 amide bonds. The topological polar surface area (TPSA) is 45.3 Å². The summed E-state index contributed by atoms with van der Waals surface area (Å²) >= 11 is 0. The van der Waals surface area contributed by atoms with E-state index < -0.39 is 0 Å². The van der Waals surface area contributed by atoms with E-state index in [1.807, 2.05) is 6.07 Å². The van der Waals surface area contributed by atoms with Gasteiger partial charge in [-0.3, -0.25) is 0 Å². The average molecular weight is 218 g/mol. The molecule has 0 radical (unpaired) electrons. The second-order valence-electron chi connectivity index (χ2n) is 4.07. The minimum absolute atomic E-state index is 0.130. The highest BCUT2D eigenvalue weighted by Gasteiger charge is 2.27. The third kappa shape index (κ3) is 1.51. The molecule has 1 aliphatic rings. The zero-order valence-corrected chi connectivity index (χ0v) is 8.78. The van der Waals surface area contributed by atoms with E-state index in [1.54, 1.807) is 18.5 Å². The van der Waals surface area contributed by atoms with Crippen LogP contribution >= 0.6 is 0 Å². The lowest BCUT2D eigenvalue weighted by molar-refractivity contribution is -0.690. The lowest BCUT2D eigenvalue weighted by Gasteiger charge is -2.19. The number of imidazole rings is 1. The predicted molar refractivity (Wildman–Crippen MR) is 57.3 cm³/mol. The van der Waals surface area contributed by atoms with Crippen molar-refractivity contribution in [3.05, 3.63) is 53.4 Å². The van der Waals surface area contributed by atoms with Gasteiger partial charge in [-0.05, 0) is 12.1 Å². The Morgan fingerprint density at radius 1 is 1.44 bits per heavy atom. The lowest BCUT2D eigenvalue weighted by atomic mass is 9.98. The molecule has 1 aromatic heterocycles. The van der Waals surface area contributed by atoms with Crippen LogP contribution in [0.2, 0.25) is 0 Å². The van der Waals surface area contributed by atoms with Crippen LogP contribution in [0, 0.1) is 5.82 Å². The Morgan fingerprint density at radius 3 is 3.25 bits per heavy atom. The highest BCUT2D eigenvalue weighted by atomic mass is 19.1. The number of rotatable bonds is 1. The van der Waals surface area contributed by atoms with Gasteiger partial charge in [-0.2, -0.15) is 0 Å². The number of hydrogen-bond donors (Lipinski definition) is 2. The van der Waals surface area contributed by atoms with E-state index in [0.717, 1.165) is 24.2 Å². The molecule has 0 saturated carbocycles. The van der Waals surface area contributed by atoms with Gasteiger partial charge in [0, 0.05) is 17.7 Å². The fourth-order valence-corrected chi connectivity index (χ4v) is 2.30. The molecule has 3 nitrogen and oxygen atoms in total. The molecule has 2 heterocycles. The molecular weight excluding hydrogens is 205 g/mol. The molecule has 1 aromatic carbocycles. The summed E-state index contributed by atoms with van der Waals surface area (Å²) in [6.45, 7) is 1.01. The molecule has 0 unspecified atom stereocenters. The van der Waals surface area contributed by atoms with Gasteiger partial charge in [0.25, 0.3) is 0 Å². The first-order chi connectivity index (χ1) is 7.84. The Bertz CT molecular complexity index is 506. The van der Waals surface area contributed by atoms with Gasteiger partial charge in [0.1, 0.15) is 11.5 Å². The SMILES string of the molecule is Fc1cccc([C@H]2[NH2+]CCc3[nH]cnc32)c1. The molecule has 0 bridgehead atoms. The first-order valence-corrected chi connectivity index (χ1v) is 5.45. The van der Waals surface area contributed by atoms with Crippen LogP contribution in [-0.2, 0) is 6.42 Å². The van der Waals surface area contributed by atoms with Crippen molar-refractivity contribution >= 4 is 0 Å². The van der Waals surface area contributed by atoms with Crippen LogP contribution in [-0.4, -0.2) is 16.5 Å². The summed E-state index contributed by atoms with van der Waals surface area (Å²) in [5.41, 5.74) is 3.20. The van der Waals surface area contributed by atoms with Crippen molar-refractivity contribution in [3.63, 3.8) is 0 Å². The first-order valence-electron chi connectivity index (χ1n) is 5.45. The van der Waals surface area contributed by atoms with E-state index in [-0.39, 0.29) is 11.9 Å². The third-order valence-electron chi connectivity index (χ3n) is 3.05. The van der Waals surface area contributed by atoms with Crippen molar-refractivity contribution in [3.8, 4) is 0 Å². The quantitative estimate of drug-likeness (QED) is 0.729. The Labute approximate surface area is 92.7 Å². The van der Waals surface area contributed by atoms with Gasteiger partial charge in [-0.25, -0.2) is 9.37 Å². The molecule has 3 rings (SSSR count). The van der Waals surface area contributed by atoms with Gasteiger partial charge in [0.2, 0.25) is 0 Å². The van der Waals surface area contributed by atoms with E-state index in [2.05, 4.69) is 15.3 Å². The van der Waals surface area contributed by atoms with Crippen LogP contribution in [0.3, 0.4) is 0 Å². The van der Waals surface area contributed by atoms with E-state index in [1.165, 1.54) is 11.8 Å². The molecule has 0 saturated heterocycles. The van der Waals surface area contributed by atoms with Gasteiger partial charge in [-0.15, -0.1) is 0 Å². The highest BCUT2D eigenvalue weighted by molar-refractivity contribution is 5.29. The second kappa shape index (κ2) is 3.72. The number of nitrogens with one attached hydrogen (secondary N) is 1. The summed E-state index contributed by atoms with van der Waals surface area (Å²) in [5.74, 6) is -0.187. The van der Waals surface area contributed by atoms with Crippen molar-refractivity contribution in [2.24, 2.45) is 0 Å². The number of aromatic amines is 1. The van der Waals surface area contributed by atoms with E-state index in [4.69, 9.17) is 0 Å². The standard InChI is InChI=1S/C12H12FN3/c13-9-3-1-2-8(6-9)11-12-10(4-5-14-11)15-7-16-12/h1-3,6-7,11,14H,4-5H2,(H,15,16)/p+1/t11-/m1/s1. The molecule has 1 atom stereocenters. The van der Waals surface area contributed by atoms with Crippen molar-refractivity contribution in [1.29, 1.82) is 0 Å². The van der Waals surface area contributed by atoms with E-state index in [0.29, 0.717) is 0 Å². The molecule has 16 heavy (non-hydrogen) atoms. The monoisotopic (exact) mass is 218 g/mol. The van der Waals surface area contributed by atoms with Gasteiger partial charge in [0.15, 0.2) is 6.04 Å². The number of H-pyrrole nitrogens is 1. The first kappa shape index (κ1) is 9.54. The third-order valence-corrected chi connectivity index (χ3v) is 3.05. The fraction of sp³-hybridized carbons (Fsp3) is 0.250. The Morgan fingerprint density at radius 2 is 2.38 bits per heavy atom. The molecule has 1 aliphatic heterocycles. The van der Waals surface area contributed by atoms with Gasteiger partial charge in [-0.1, -0.05) is 12.1 Å². The summed E-state index contributed by atoms with van der Waals surface area (Å²) in [6.07, 6.45) is 2.72. The molecule has 4 heteroatoms. The summed E-state index contributed by atoms with van der Waals surface area (Å²) < 4.78 is 13.2. The maximum absolute atomic E-state index is 13.2. The number of benzene rings is 1.